The monoisotopic (exact) mass is 174 g/mol. The first-order valence-corrected chi connectivity index (χ1v) is 4.53. The summed E-state index contributed by atoms with van der Waals surface area (Å²) in [7, 11) is -2.01. The lowest BCUT2D eigenvalue weighted by atomic mass is 10.6. The van der Waals surface area contributed by atoms with Crippen LogP contribution in [0.3, 0.4) is 0 Å². The van der Waals surface area contributed by atoms with Gasteiger partial charge in [-0.2, -0.15) is 8.42 Å². The normalized spacial score (nSPS) is 9.78. The van der Waals surface area contributed by atoms with E-state index in [1.807, 2.05) is 0 Å². The lowest BCUT2D eigenvalue weighted by molar-refractivity contribution is 0.381. The first-order valence-electron chi connectivity index (χ1n) is 2.31. The fourth-order valence-electron chi connectivity index (χ4n) is 0. The van der Waals surface area contributed by atoms with Crippen LogP contribution in [0, 0.1) is 0 Å². The summed E-state index contributed by atoms with van der Waals surface area (Å²) < 4.78 is 31.6. The minimum atomic E-state index is -4.67. The molecule has 0 bridgehead atoms. The van der Waals surface area contributed by atoms with Crippen molar-refractivity contribution in [1.82, 2.24) is 0 Å². The van der Waals surface area contributed by atoms with Gasteiger partial charge in [0.05, 0.1) is 0 Å². The van der Waals surface area contributed by atoms with Crippen LogP contribution in [0.2, 0.25) is 0 Å². The Kier molecular flexibility index (Phi) is 8.58. The van der Waals surface area contributed by atoms with Gasteiger partial charge in [0, 0.05) is 0 Å². The van der Waals surface area contributed by atoms with Crippen molar-refractivity contribution in [3.63, 3.8) is 0 Å². The molecule has 2 N–H and O–H groups in total. The van der Waals surface area contributed by atoms with Gasteiger partial charge in [-0.1, -0.05) is 13.3 Å². The zero-order chi connectivity index (χ0) is 7.91. The van der Waals surface area contributed by atoms with Crippen molar-refractivity contribution in [2.24, 2.45) is 0 Å². The molecule has 6 heteroatoms. The Morgan fingerprint density at radius 2 is 1.56 bits per heavy atom. The minimum Gasteiger partial charge on any atom is -0.264 e. The van der Waals surface area contributed by atoms with Crippen molar-refractivity contribution in [1.29, 1.82) is 0 Å². The molecule has 0 aromatic carbocycles. The molecular formula is C3H11O4PS. The molecule has 0 aliphatic heterocycles. The summed E-state index contributed by atoms with van der Waals surface area (Å²) >= 11 is 0. The number of rotatable bonds is 1. The molecule has 9 heavy (non-hydrogen) atoms. The van der Waals surface area contributed by atoms with E-state index in [4.69, 9.17) is 17.5 Å². The van der Waals surface area contributed by atoms with Crippen LogP contribution in [0.25, 0.3) is 0 Å². The first-order chi connectivity index (χ1) is 3.91. The highest BCUT2D eigenvalue weighted by molar-refractivity contribution is 7.79. The molecule has 58 valence electrons. The van der Waals surface area contributed by atoms with Gasteiger partial charge >= 0.3 is 10.4 Å². The highest BCUT2D eigenvalue weighted by atomic mass is 32.3. The van der Waals surface area contributed by atoms with Gasteiger partial charge in [-0.15, -0.1) is 9.24 Å². The molecule has 0 amide bonds. The molecule has 0 aliphatic rings. The maximum Gasteiger partial charge on any atom is 0.394 e. The Hall–Kier alpha value is 0.300. The summed E-state index contributed by atoms with van der Waals surface area (Å²) in [6, 6.07) is 0. The van der Waals surface area contributed by atoms with Crippen LogP contribution in [-0.4, -0.2) is 23.7 Å². The van der Waals surface area contributed by atoms with Crippen molar-refractivity contribution in [3.05, 3.63) is 0 Å². The molecule has 0 radical (unpaired) electrons. The molecule has 0 saturated carbocycles. The van der Waals surface area contributed by atoms with E-state index in [1.54, 1.807) is 0 Å². The van der Waals surface area contributed by atoms with Gasteiger partial charge in [-0.05, 0) is 6.16 Å². The van der Waals surface area contributed by atoms with Crippen molar-refractivity contribution >= 4 is 19.6 Å². The fraction of sp³-hybridized carbons (Fsp3) is 1.00. The summed E-state index contributed by atoms with van der Waals surface area (Å²) in [5.41, 5.74) is 0. The predicted octanol–water partition coefficient (Wildman–Crippen LogP) is 0.619. The zero-order valence-corrected chi connectivity index (χ0v) is 7.08. The zero-order valence-electron chi connectivity index (χ0n) is 5.11. The van der Waals surface area contributed by atoms with Crippen LogP contribution in [0.4, 0.5) is 0 Å². The maximum atomic E-state index is 8.74. The van der Waals surface area contributed by atoms with Crippen molar-refractivity contribution < 1.29 is 17.5 Å². The molecule has 0 aliphatic carbocycles. The third-order valence-electron chi connectivity index (χ3n) is 0.289. The van der Waals surface area contributed by atoms with Crippen LogP contribution in [0.5, 0.6) is 0 Å². The lowest BCUT2D eigenvalue weighted by Crippen LogP contribution is -1.89. The molecule has 1 unspecified atom stereocenters. The maximum absolute atomic E-state index is 8.74. The molecule has 0 rings (SSSR count). The standard InChI is InChI=1S/C3H9P.H2O4S/c1-2-3-4;1-5(2,3)4/h2-4H2,1H3;(H2,1,2,3,4). The first kappa shape index (κ1) is 12.0. The van der Waals surface area contributed by atoms with E-state index in [0.29, 0.717) is 0 Å². The van der Waals surface area contributed by atoms with E-state index >= 15 is 0 Å². The Balaban J connectivity index is 0. The molecule has 0 spiro atoms. The van der Waals surface area contributed by atoms with Crippen LogP contribution < -0.4 is 0 Å². The largest absolute Gasteiger partial charge is 0.394 e. The second kappa shape index (κ2) is 6.42. The number of hydrogen-bond donors (Lipinski definition) is 2. The molecule has 0 fully saturated rings. The highest BCUT2D eigenvalue weighted by Gasteiger charge is 1.84. The third kappa shape index (κ3) is 195. The topological polar surface area (TPSA) is 74.6 Å². The fourth-order valence-corrected chi connectivity index (χ4v) is 0. The average Bonchev–Trinajstić information content (AvgIpc) is 1.61. The van der Waals surface area contributed by atoms with E-state index in [0.717, 1.165) is 0 Å². The predicted molar refractivity (Wildman–Crippen MR) is 39.0 cm³/mol. The molecule has 1 atom stereocenters. The van der Waals surface area contributed by atoms with Gasteiger partial charge in [0.1, 0.15) is 0 Å². The van der Waals surface area contributed by atoms with Crippen LogP contribution in [0.1, 0.15) is 13.3 Å². The third-order valence-corrected chi connectivity index (χ3v) is 0.866. The van der Waals surface area contributed by atoms with E-state index in [1.165, 1.54) is 12.6 Å². The van der Waals surface area contributed by atoms with Crippen molar-refractivity contribution in [2.45, 2.75) is 13.3 Å². The summed E-state index contributed by atoms with van der Waals surface area (Å²) in [6.45, 7) is 2.16. The van der Waals surface area contributed by atoms with Crippen LogP contribution >= 0.6 is 9.24 Å². The Morgan fingerprint density at radius 1 is 1.44 bits per heavy atom. The summed E-state index contributed by atoms with van der Waals surface area (Å²) in [6.07, 6.45) is 2.52. The molecule has 4 nitrogen and oxygen atoms in total. The van der Waals surface area contributed by atoms with E-state index < -0.39 is 10.4 Å². The average molecular weight is 174 g/mol. The molecule has 0 aromatic heterocycles. The smallest absolute Gasteiger partial charge is 0.264 e. The number of hydrogen-bond acceptors (Lipinski definition) is 2. The molecule has 0 saturated heterocycles. The summed E-state index contributed by atoms with van der Waals surface area (Å²) in [4.78, 5) is 0. The van der Waals surface area contributed by atoms with Gasteiger partial charge < -0.3 is 0 Å². The summed E-state index contributed by atoms with van der Waals surface area (Å²) in [5.74, 6) is 0. The molecule has 0 heterocycles. The second-order valence-electron chi connectivity index (χ2n) is 1.24. The van der Waals surface area contributed by atoms with E-state index in [-0.39, 0.29) is 0 Å². The Morgan fingerprint density at radius 3 is 1.56 bits per heavy atom. The highest BCUT2D eigenvalue weighted by Crippen LogP contribution is 1.81. The van der Waals surface area contributed by atoms with Crippen molar-refractivity contribution in [2.75, 3.05) is 6.16 Å². The quantitative estimate of drug-likeness (QED) is 0.451. The Bertz CT molecular complexity index is 119. The lowest BCUT2D eigenvalue weighted by Gasteiger charge is -1.68. The second-order valence-corrected chi connectivity index (χ2v) is 2.71. The van der Waals surface area contributed by atoms with Crippen molar-refractivity contribution in [3.8, 4) is 0 Å². The molecule has 0 aromatic rings. The Labute approximate surface area is 57.4 Å². The SMILES string of the molecule is CCCP.O=S(=O)(O)O. The van der Waals surface area contributed by atoms with Gasteiger partial charge in [-0.3, -0.25) is 9.11 Å². The van der Waals surface area contributed by atoms with Crippen LogP contribution in [0.15, 0.2) is 0 Å². The summed E-state index contributed by atoms with van der Waals surface area (Å²) in [5, 5.41) is 0. The van der Waals surface area contributed by atoms with Gasteiger partial charge in [0.25, 0.3) is 0 Å². The molecular weight excluding hydrogens is 163 g/mol. The van der Waals surface area contributed by atoms with Gasteiger partial charge in [0.2, 0.25) is 0 Å². The van der Waals surface area contributed by atoms with E-state index in [9.17, 15) is 0 Å². The van der Waals surface area contributed by atoms with Gasteiger partial charge in [0.15, 0.2) is 0 Å². The van der Waals surface area contributed by atoms with E-state index in [2.05, 4.69) is 16.2 Å². The van der Waals surface area contributed by atoms with Crippen LogP contribution in [-0.2, 0) is 10.4 Å². The minimum absolute atomic E-state index is 1.24. The van der Waals surface area contributed by atoms with Gasteiger partial charge in [-0.25, -0.2) is 0 Å².